The standard InChI is InChI=1S/C14H20N4O2S/c1-2-14(15)11-4-3-5-13(8-11)21(19,20)18-7-6-12-9-16-10-17-12/h3-5,8-10,14,18H,2,6-7,15H2,1H3,(H,16,17). The van der Waals surface area contributed by atoms with Gasteiger partial charge in [-0.05, 0) is 24.1 Å². The van der Waals surface area contributed by atoms with Gasteiger partial charge >= 0.3 is 0 Å². The van der Waals surface area contributed by atoms with E-state index in [0.29, 0.717) is 13.0 Å². The summed E-state index contributed by atoms with van der Waals surface area (Å²) in [4.78, 5) is 7.07. The Hall–Kier alpha value is -1.70. The quantitative estimate of drug-likeness (QED) is 0.718. The van der Waals surface area contributed by atoms with Gasteiger partial charge < -0.3 is 10.7 Å². The van der Waals surface area contributed by atoms with Crippen molar-refractivity contribution < 1.29 is 8.42 Å². The highest BCUT2D eigenvalue weighted by Crippen LogP contribution is 2.18. The summed E-state index contributed by atoms with van der Waals surface area (Å²) < 4.78 is 27.1. The van der Waals surface area contributed by atoms with Crippen LogP contribution in [0.2, 0.25) is 0 Å². The van der Waals surface area contributed by atoms with Crippen LogP contribution in [-0.4, -0.2) is 24.9 Å². The molecule has 0 amide bonds. The molecule has 2 rings (SSSR count). The van der Waals surface area contributed by atoms with Crippen molar-refractivity contribution in [3.63, 3.8) is 0 Å². The van der Waals surface area contributed by atoms with Crippen LogP contribution < -0.4 is 10.5 Å². The average Bonchev–Trinajstić information content (AvgIpc) is 2.99. The second kappa shape index (κ2) is 6.84. The summed E-state index contributed by atoms with van der Waals surface area (Å²) in [5, 5.41) is 0. The molecule has 0 saturated carbocycles. The van der Waals surface area contributed by atoms with Gasteiger partial charge in [-0.3, -0.25) is 0 Å². The molecule has 4 N–H and O–H groups in total. The Labute approximate surface area is 124 Å². The van der Waals surface area contributed by atoms with Gasteiger partial charge in [-0.15, -0.1) is 0 Å². The minimum absolute atomic E-state index is 0.148. The van der Waals surface area contributed by atoms with E-state index in [4.69, 9.17) is 5.73 Å². The Morgan fingerprint density at radius 2 is 2.24 bits per heavy atom. The van der Waals surface area contributed by atoms with Gasteiger partial charge in [0.05, 0.1) is 11.2 Å². The molecule has 0 radical (unpaired) electrons. The van der Waals surface area contributed by atoms with Crippen LogP contribution in [0.3, 0.4) is 0 Å². The molecule has 114 valence electrons. The highest BCUT2D eigenvalue weighted by molar-refractivity contribution is 7.89. The molecule has 21 heavy (non-hydrogen) atoms. The summed E-state index contributed by atoms with van der Waals surface area (Å²) in [7, 11) is -3.52. The van der Waals surface area contributed by atoms with E-state index in [2.05, 4.69) is 14.7 Å². The van der Waals surface area contributed by atoms with Crippen molar-refractivity contribution in [1.82, 2.24) is 14.7 Å². The minimum atomic E-state index is -3.52. The van der Waals surface area contributed by atoms with Crippen LogP contribution in [0.5, 0.6) is 0 Å². The minimum Gasteiger partial charge on any atom is -0.348 e. The summed E-state index contributed by atoms with van der Waals surface area (Å²) in [6.45, 7) is 2.28. The monoisotopic (exact) mass is 308 g/mol. The first-order valence-corrected chi connectivity index (χ1v) is 8.33. The highest BCUT2D eigenvalue weighted by Gasteiger charge is 2.15. The van der Waals surface area contributed by atoms with Crippen LogP contribution in [0, 0.1) is 0 Å². The molecule has 0 saturated heterocycles. The molecule has 1 aromatic carbocycles. The fraction of sp³-hybridized carbons (Fsp3) is 0.357. The Balaban J connectivity index is 2.05. The molecule has 1 unspecified atom stereocenters. The first-order chi connectivity index (χ1) is 10.0. The molecule has 0 spiro atoms. The number of sulfonamides is 1. The number of benzene rings is 1. The van der Waals surface area contributed by atoms with Gasteiger partial charge in [0.2, 0.25) is 10.0 Å². The molecule has 2 aromatic rings. The number of nitrogens with one attached hydrogen (secondary N) is 2. The average molecular weight is 308 g/mol. The van der Waals surface area contributed by atoms with Gasteiger partial charge in [0.1, 0.15) is 0 Å². The molecule has 0 fully saturated rings. The topological polar surface area (TPSA) is 101 Å². The van der Waals surface area contributed by atoms with Gasteiger partial charge in [0, 0.05) is 30.9 Å². The molecule has 0 aliphatic carbocycles. The first-order valence-electron chi connectivity index (χ1n) is 6.85. The van der Waals surface area contributed by atoms with Crippen molar-refractivity contribution >= 4 is 10.0 Å². The third kappa shape index (κ3) is 4.13. The van der Waals surface area contributed by atoms with Gasteiger partial charge in [0.15, 0.2) is 0 Å². The lowest BCUT2D eigenvalue weighted by atomic mass is 10.1. The van der Waals surface area contributed by atoms with E-state index in [-0.39, 0.29) is 10.9 Å². The Morgan fingerprint density at radius 1 is 1.43 bits per heavy atom. The lowest BCUT2D eigenvalue weighted by molar-refractivity contribution is 0.581. The van der Waals surface area contributed by atoms with Gasteiger partial charge in [-0.25, -0.2) is 18.1 Å². The molecule has 1 atom stereocenters. The molecule has 7 heteroatoms. The lowest BCUT2D eigenvalue weighted by Crippen LogP contribution is -2.26. The highest BCUT2D eigenvalue weighted by atomic mass is 32.2. The van der Waals surface area contributed by atoms with Crippen molar-refractivity contribution in [3.8, 4) is 0 Å². The van der Waals surface area contributed by atoms with Crippen LogP contribution in [0.4, 0.5) is 0 Å². The molecule has 1 aromatic heterocycles. The zero-order chi connectivity index (χ0) is 15.3. The number of hydrogen-bond acceptors (Lipinski definition) is 4. The maximum atomic E-state index is 12.2. The molecule has 0 bridgehead atoms. The predicted molar refractivity (Wildman–Crippen MR) is 81.1 cm³/mol. The fourth-order valence-corrected chi connectivity index (χ4v) is 3.06. The molecule has 0 aliphatic rings. The maximum Gasteiger partial charge on any atom is 0.240 e. The van der Waals surface area contributed by atoms with E-state index in [0.717, 1.165) is 17.7 Å². The van der Waals surface area contributed by atoms with Crippen molar-refractivity contribution in [2.45, 2.75) is 30.7 Å². The van der Waals surface area contributed by atoms with Crippen molar-refractivity contribution in [2.75, 3.05) is 6.54 Å². The first kappa shape index (κ1) is 15.7. The molecular formula is C14H20N4O2S. The zero-order valence-corrected chi connectivity index (χ0v) is 12.7. The Kier molecular flexibility index (Phi) is 5.11. The van der Waals surface area contributed by atoms with E-state index in [1.165, 1.54) is 0 Å². The van der Waals surface area contributed by atoms with Crippen LogP contribution in [0.1, 0.15) is 30.6 Å². The third-order valence-electron chi connectivity index (χ3n) is 3.28. The number of H-pyrrole nitrogens is 1. The van der Waals surface area contributed by atoms with E-state index in [1.54, 1.807) is 30.7 Å². The van der Waals surface area contributed by atoms with E-state index >= 15 is 0 Å². The van der Waals surface area contributed by atoms with Gasteiger partial charge in [-0.1, -0.05) is 19.1 Å². The number of rotatable bonds is 7. The largest absolute Gasteiger partial charge is 0.348 e. The number of hydrogen-bond donors (Lipinski definition) is 3. The smallest absolute Gasteiger partial charge is 0.240 e. The van der Waals surface area contributed by atoms with Gasteiger partial charge in [-0.2, -0.15) is 0 Å². The van der Waals surface area contributed by atoms with Crippen molar-refractivity contribution in [2.24, 2.45) is 5.73 Å². The number of aromatic nitrogens is 2. The summed E-state index contributed by atoms with van der Waals surface area (Å²) in [5.74, 6) is 0. The Morgan fingerprint density at radius 3 is 2.90 bits per heavy atom. The number of nitrogens with two attached hydrogens (primary N) is 1. The fourth-order valence-electron chi connectivity index (χ4n) is 1.97. The van der Waals surface area contributed by atoms with Gasteiger partial charge in [0.25, 0.3) is 0 Å². The summed E-state index contributed by atoms with van der Waals surface area (Å²) in [6, 6.07) is 6.62. The maximum absolute atomic E-state index is 12.2. The van der Waals surface area contributed by atoms with Crippen LogP contribution in [0.25, 0.3) is 0 Å². The number of aromatic amines is 1. The Bertz CT molecular complexity index is 668. The number of nitrogens with zero attached hydrogens (tertiary/aromatic N) is 1. The van der Waals surface area contributed by atoms with Crippen LogP contribution in [0.15, 0.2) is 41.7 Å². The molecule has 0 aliphatic heterocycles. The SMILES string of the molecule is CCC(N)c1cccc(S(=O)(=O)NCCc2cnc[nH]2)c1. The lowest BCUT2D eigenvalue weighted by Gasteiger charge is -2.11. The predicted octanol–water partition coefficient (Wildman–Crippen LogP) is 1.34. The molecule has 1 heterocycles. The normalized spacial score (nSPS) is 13.2. The summed E-state index contributed by atoms with van der Waals surface area (Å²) >= 11 is 0. The van der Waals surface area contributed by atoms with E-state index in [9.17, 15) is 8.42 Å². The van der Waals surface area contributed by atoms with Crippen LogP contribution >= 0.6 is 0 Å². The summed E-state index contributed by atoms with van der Waals surface area (Å²) in [5.41, 5.74) is 7.66. The third-order valence-corrected chi connectivity index (χ3v) is 4.74. The zero-order valence-electron chi connectivity index (χ0n) is 11.9. The second-order valence-electron chi connectivity index (χ2n) is 4.81. The van der Waals surface area contributed by atoms with E-state index < -0.39 is 10.0 Å². The van der Waals surface area contributed by atoms with Crippen molar-refractivity contribution in [1.29, 1.82) is 0 Å². The van der Waals surface area contributed by atoms with Crippen LogP contribution in [-0.2, 0) is 16.4 Å². The van der Waals surface area contributed by atoms with E-state index in [1.807, 2.05) is 13.0 Å². The second-order valence-corrected chi connectivity index (χ2v) is 6.58. The summed E-state index contributed by atoms with van der Waals surface area (Å²) in [6.07, 6.45) is 4.57. The number of imidazole rings is 1. The molecule has 6 nitrogen and oxygen atoms in total. The molecular weight excluding hydrogens is 288 g/mol. The van der Waals surface area contributed by atoms with Crippen molar-refractivity contribution in [3.05, 3.63) is 48.0 Å².